The highest BCUT2D eigenvalue weighted by atomic mass is 15.2. The first kappa shape index (κ1) is 11.7. The Morgan fingerprint density at radius 2 is 1.94 bits per heavy atom. The number of fused-ring (bicyclic) bond motifs is 1. The molecule has 3 nitrogen and oxygen atoms in total. The SMILES string of the molecule is Cc1nc2ccccc2n1CC[NH+]1CCCCC1. The summed E-state index contributed by atoms with van der Waals surface area (Å²) in [6, 6.07) is 8.45. The standard InChI is InChI=1S/C15H21N3/c1-13-16-14-7-3-4-8-15(14)18(13)12-11-17-9-5-2-6-10-17/h3-4,7-8H,2,5-6,9-12H2,1H3/p+1. The molecule has 2 heterocycles. The first-order chi connectivity index (χ1) is 8.84. The first-order valence-electron chi connectivity index (χ1n) is 7.10. The number of aryl methyl sites for hydroxylation is 1. The Bertz CT molecular complexity index is 524. The molecule has 3 heteroatoms. The Labute approximate surface area is 108 Å². The maximum atomic E-state index is 4.63. The molecule has 1 aromatic heterocycles. The number of nitrogens with zero attached hydrogens (tertiary/aromatic N) is 2. The van der Waals surface area contributed by atoms with E-state index in [4.69, 9.17) is 0 Å². The molecule has 2 aromatic rings. The van der Waals surface area contributed by atoms with Crippen LogP contribution in [0.1, 0.15) is 25.1 Å². The van der Waals surface area contributed by atoms with Crippen molar-refractivity contribution >= 4 is 11.0 Å². The number of nitrogens with one attached hydrogen (secondary N) is 1. The van der Waals surface area contributed by atoms with Crippen molar-refractivity contribution < 1.29 is 4.90 Å². The highest BCUT2D eigenvalue weighted by Gasteiger charge is 2.14. The first-order valence-corrected chi connectivity index (χ1v) is 7.10. The third-order valence-electron chi connectivity index (χ3n) is 4.10. The maximum absolute atomic E-state index is 4.63. The van der Waals surface area contributed by atoms with Gasteiger partial charge in [-0.05, 0) is 38.3 Å². The molecule has 1 N–H and O–H groups in total. The summed E-state index contributed by atoms with van der Waals surface area (Å²) in [4.78, 5) is 6.39. The summed E-state index contributed by atoms with van der Waals surface area (Å²) in [6.07, 6.45) is 4.23. The average Bonchev–Trinajstić information content (AvgIpc) is 2.73. The fourth-order valence-electron chi connectivity index (χ4n) is 3.05. The Morgan fingerprint density at radius 3 is 2.78 bits per heavy atom. The smallest absolute Gasteiger partial charge is 0.106 e. The summed E-state index contributed by atoms with van der Waals surface area (Å²) >= 11 is 0. The topological polar surface area (TPSA) is 22.3 Å². The molecule has 1 aliphatic heterocycles. The molecule has 0 atom stereocenters. The van der Waals surface area contributed by atoms with E-state index in [2.05, 4.69) is 40.7 Å². The molecule has 0 aliphatic carbocycles. The molecule has 1 aliphatic rings. The van der Waals surface area contributed by atoms with Crippen LogP contribution in [0.25, 0.3) is 11.0 Å². The second kappa shape index (κ2) is 5.11. The minimum atomic E-state index is 1.10. The molecule has 1 saturated heterocycles. The number of benzene rings is 1. The van der Waals surface area contributed by atoms with Crippen molar-refractivity contribution in [1.82, 2.24) is 9.55 Å². The number of rotatable bonds is 3. The van der Waals surface area contributed by atoms with E-state index in [-0.39, 0.29) is 0 Å². The van der Waals surface area contributed by atoms with E-state index in [0.29, 0.717) is 0 Å². The number of aromatic nitrogens is 2. The van der Waals surface area contributed by atoms with E-state index in [1.807, 2.05) is 0 Å². The van der Waals surface area contributed by atoms with Crippen LogP contribution in [0.5, 0.6) is 0 Å². The highest BCUT2D eigenvalue weighted by Crippen LogP contribution is 2.14. The van der Waals surface area contributed by atoms with Gasteiger partial charge in [0.15, 0.2) is 0 Å². The fourth-order valence-corrected chi connectivity index (χ4v) is 3.05. The minimum Gasteiger partial charge on any atom is -0.333 e. The molecule has 0 bridgehead atoms. The summed E-state index contributed by atoms with van der Waals surface area (Å²) in [5.74, 6) is 1.15. The van der Waals surface area contributed by atoms with Gasteiger partial charge in [0.1, 0.15) is 5.82 Å². The molecule has 3 rings (SSSR count). The van der Waals surface area contributed by atoms with Crippen molar-refractivity contribution in [1.29, 1.82) is 0 Å². The van der Waals surface area contributed by atoms with Crippen LogP contribution in [0.15, 0.2) is 24.3 Å². The van der Waals surface area contributed by atoms with E-state index in [0.717, 1.165) is 17.9 Å². The van der Waals surface area contributed by atoms with Crippen LogP contribution >= 0.6 is 0 Å². The zero-order valence-corrected chi connectivity index (χ0v) is 11.2. The van der Waals surface area contributed by atoms with E-state index in [1.54, 1.807) is 4.90 Å². The summed E-state index contributed by atoms with van der Waals surface area (Å²) in [5, 5.41) is 0. The van der Waals surface area contributed by atoms with Crippen molar-refractivity contribution in [2.75, 3.05) is 19.6 Å². The molecule has 0 radical (unpaired) electrons. The number of para-hydroxylation sites is 2. The van der Waals surface area contributed by atoms with Gasteiger partial charge in [-0.1, -0.05) is 12.1 Å². The molecule has 0 spiro atoms. The fraction of sp³-hybridized carbons (Fsp3) is 0.533. The molecule has 18 heavy (non-hydrogen) atoms. The Balaban J connectivity index is 1.75. The van der Waals surface area contributed by atoms with Crippen LogP contribution in [0.3, 0.4) is 0 Å². The maximum Gasteiger partial charge on any atom is 0.106 e. The number of piperidine rings is 1. The predicted octanol–water partition coefficient (Wildman–Crippen LogP) is 1.41. The zero-order valence-electron chi connectivity index (χ0n) is 11.2. The summed E-state index contributed by atoms with van der Waals surface area (Å²) in [7, 11) is 0. The monoisotopic (exact) mass is 244 g/mol. The van der Waals surface area contributed by atoms with Gasteiger partial charge in [0, 0.05) is 0 Å². The lowest BCUT2D eigenvalue weighted by Gasteiger charge is -2.23. The number of hydrogen-bond donors (Lipinski definition) is 1. The quantitative estimate of drug-likeness (QED) is 0.866. The summed E-state index contributed by atoms with van der Waals surface area (Å²) < 4.78 is 2.37. The number of quaternary nitrogens is 1. The van der Waals surface area contributed by atoms with Gasteiger partial charge < -0.3 is 9.47 Å². The average molecular weight is 244 g/mol. The van der Waals surface area contributed by atoms with Gasteiger partial charge in [0.25, 0.3) is 0 Å². The number of imidazole rings is 1. The second-order valence-electron chi connectivity index (χ2n) is 5.36. The van der Waals surface area contributed by atoms with Gasteiger partial charge in [-0.25, -0.2) is 4.98 Å². The van der Waals surface area contributed by atoms with Crippen LogP contribution in [-0.4, -0.2) is 29.2 Å². The largest absolute Gasteiger partial charge is 0.333 e. The van der Waals surface area contributed by atoms with E-state index < -0.39 is 0 Å². The van der Waals surface area contributed by atoms with Gasteiger partial charge in [-0.2, -0.15) is 0 Å². The lowest BCUT2D eigenvalue weighted by atomic mass is 10.1. The predicted molar refractivity (Wildman–Crippen MR) is 73.9 cm³/mol. The highest BCUT2D eigenvalue weighted by molar-refractivity contribution is 5.75. The van der Waals surface area contributed by atoms with Crippen molar-refractivity contribution in [2.45, 2.75) is 32.7 Å². The van der Waals surface area contributed by atoms with Crippen molar-refractivity contribution in [3.63, 3.8) is 0 Å². The van der Waals surface area contributed by atoms with Crippen LogP contribution < -0.4 is 4.90 Å². The third-order valence-corrected chi connectivity index (χ3v) is 4.10. The van der Waals surface area contributed by atoms with E-state index >= 15 is 0 Å². The molecule has 0 saturated carbocycles. The molecule has 1 fully saturated rings. The van der Waals surface area contributed by atoms with Gasteiger partial charge in [-0.15, -0.1) is 0 Å². The number of likely N-dealkylation sites (tertiary alicyclic amines) is 1. The Morgan fingerprint density at radius 1 is 1.17 bits per heavy atom. The van der Waals surface area contributed by atoms with Crippen LogP contribution in [-0.2, 0) is 6.54 Å². The molecule has 0 amide bonds. The lowest BCUT2D eigenvalue weighted by Crippen LogP contribution is -3.13. The number of hydrogen-bond acceptors (Lipinski definition) is 1. The van der Waals surface area contributed by atoms with Gasteiger partial charge in [0.2, 0.25) is 0 Å². The van der Waals surface area contributed by atoms with Crippen molar-refractivity contribution in [3.8, 4) is 0 Å². The van der Waals surface area contributed by atoms with Crippen molar-refractivity contribution in [2.24, 2.45) is 0 Å². The lowest BCUT2D eigenvalue weighted by molar-refractivity contribution is -0.905. The Kier molecular flexibility index (Phi) is 3.33. The van der Waals surface area contributed by atoms with Gasteiger partial charge >= 0.3 is 0 Å². The minimum absolute atomic E-state index is 1.10. The zero-order chi connectivity index (χ0) is 12.4. The summed E-state index contributed by atoms with van der Waals surface area (Å²) in [6.45, 7) is 7.16. The van der Waals surface area contributed by atoms with Gasteiger partial charge in [0.05, 0.1) is 37.2 Å². The van der Waals surface area contributed by atoms with Crippen molar-refractivity contribution in [3.05, 3.63) is 30.1 Å². The van der Waals surface area contributed by atoms with E-state index in [1.165, 1.54) is 44.4 Å². The molecular weight excluding hydrogens is 222 g/mol. The van der Waals surface area contributed by atoms with Gasteiger partial charge in [-0.3, -0.25) is 0 Å². The van der Waals surface area contributed by atoms with Crippen LogP contribution in [0, 0.1) is 6.92 Å². The second-order valence-corrected chi connectivity index (χ2v) is 5.36. The van der Waals surface area contributed by atoms with Crippen LogP contribution in [0.4, 0.5) is 0 Å². The summed E-state index contributed by atoms with van der Waals surface area (Å²) in [5.41, 5.74) is 2.41. The Hall–Kier alpha value is -1.35. The molecule has 0 unspecified atom stereocenters. The normalized spacial score (nSPS) is 17.4. The molecule has 96 valence electrons. The molecular formula is C15H22N3+. The van der Waals surface area contributed by atoms with Crippen LogP contribution in [0.2, 0.25) is 0 Å². The van der Waals surface area contributed by atoms with E-state index in [9.17, 15) is 0 Å². The third kappa shape index (κ3) is 2.27. The molecule has 1 aromatic carbocycles.